The topological polar surface area (TPSA) is 52.6 Å². The van der Waals surface area contributed by atoms with Crippen molar-refractivity contribution in [3.8, 4) is 0 Å². The number of benzene rings is 2. The van der Waals surface area contributed by atoms with Crippen molar-refractivity contribution in [2.45, 2.75) is 77.4 Å². The minimum absolute atomic E-state index is 0.0496. The Labute approximate surface area is 178 Å². The molecule has 0 N–H and O–H groups in total. The number of carbonyl (C=O) groups excluding carboxylic acids is 2. The summed E-state index contributed by atoms with van der Waals surface area (Å²) < 4.78 is 10.7. The van der Waals surface area contributed by atoms with E-state index in [0.29, 0.717) is 0 Å². The average Bonchev–Trinajstić information content (AvgIpc) is 2.79. The van der Waals surface area contributed by atoms with Crippen LogP contribution in [0.25, 0.3) is 0 Å². The lowest BCUT2D eigenvalue weighted by molar-refractivity contribution is -0.151. The minimum atomic E-state index is -0.363. The third kappa shape index (κ3) is 5.50. The normalized spacial score (nSPS) is 15.1. The summed E-state index contributed by atoms with van der Waals surface area (Å²) in [6, 6.07) is 12.7. The van der Waals surface area contributed by atoms with E-state index in [4.69, 9.17) is 9.47 Å². The number of ether oxygens (including phenoxy) is 2. The molecule has 4 rings (SSSR count). The first kappa shape index (κ1) is 20.6. The van der Waals surface area contributed by atoms with Crippen LogP contribution in [0.4, 0.5) is 0 Å². The molecule has 30 heavy (non-hydrogen) atoms. The van der Waals surface area contributed by atoms with Gasteiger partial charge in [0, 0.05) is 0 Å². The van der Waals surface area contributed by atoms with Gasteiger partial charge in [0.1, 0.15) is 13.2 Å². The van der Waals surface area contributed by atoms with Gasteiger partial charge in [0.05, 0.1) is 12.8 Å². The van der Waals surface area contributed by atoms with Crippen LogP contribution in [0.3, 0.4) is 0 Å². The Balaban J connectivity index is 1.17. The van der Waals surface area contributed by atoms with Gasteiger partial charge in [0.25, 0.3) is 0 Å². The maximum atomic E-state index is 12.0. The summed E-state index contributed by atoms with van der Waals surface area (Å²) in [5.41, 5.74) is 7.61. The first-order valence-electron chi connectivity index (χ1n) is 11.2. The summed E-state index contributed by atoms with van der Waals surface area (Å²) >= 11 is 0. The Morgan fingerprint density at radius 1 is 0.600 bits per heavy atom. The molecule has 0 saturated carbocycles. The van der Waals surface area contributed by atoms with Crippen molar-refractivity contribution in [2.24, 2.45) is 0 Å². The largest absolute Gasteiger partial charge is 0.461 e. The summed E-state index contributed by atoms with van der Waals surface area (Å²) in [5, 5.41) is 0. The molecule has 0 spiro atoms. The second-order valence-corrected chi connectivity index (χ2v) is 8.44. The Morgan fingerprint density at radius 3 is 1.43 bits per heavy atom. The second-order valence-electron chi connectivity index (χ2n) is 8.44. The van der Waals surface area contributed by atoms with Crippen molar-refractivity contribution in [1.82, 2.24) is 0 Å². The zero-order valence-electron chi connectivity index (χ0n) is 17.6. The van der Waals surface area contributed by atoms with E-state index >= 15 is 0 Å². The first-order valence-corrected chi connectivity index (χ1v) is 11.2. The number of carbonyl (C=O) groups is 2. The molecule has 158 valence electrons. The van der Waals surface area contributed by atoms with Crippen molar-refractivity contribution in [2.75, 3.05) is 0 Å². The second kappa shape index (κ2) is 9.92. The number of fused-ring (bicyclic) bond motifs is 2. The summed E-state index contributed by atoms with van der Waals surface area (Å²) in [7, 11) is 0. The molecule has 0 aliphatic heterocycles. The Bertz CT molecular complexity index is 840. The molecule has 4 heteroatoms. The zero-order chi connectivity index (χ0) is 20.8. The molecule has 0 aromatic heterocycles. The molecule has 0 atom stereocenters. The fraction of sp³-hybridized carbons (Fsp3) is 0.462. The number of esters is 2. The molecule has 0 unspecified atom stereocenters. The van der Waals surface area contributed by atoms with Crippen molar-refractivity contribution in [1.29, 1.82) is 0 Å². The third-order valence-corrected chi connectivity index (χ3v) is 6.16. The van der Waals surface area contributed by atoms with Crippen molar-refractivity contribution in [3.63, 3.8) is 0 Å². The van der Waals surface area contributed by atoms with Crippen LogP contribution >= 0.6 is 0 Å². The molecule has 0 fully saturated rings. The van der Waals surface area contributed by atoms with E-state index in [1.54, 1.807) is 0 Å². The van der Waals surface area contributed by atoms with Crippen LogP contribution in [0.2, 0.25) is 0 Å². The lowest BCUT2D eigenvalue weighted by Gasteiger charge is -2.16. The van der Waals surface area contributed by atoms with Crippen molar-refractivity contribution >= 4 is 11.9 Å². The van der Waals surface area contributed by atoms with Crippen LogP contribution < -0.4 is 0 Å². The van der Waals surface area contributed by atoms with E-state index < -0.39 is 0 Å². The lowest BCUT2D eigenvalue weighted by Crippen LogP contribution is -2.11. The summed E-state index contributed by atoms with van der Waals surface area (Å²) in [6.45, 7) is 0.520. The predicted octanol–water partition coefficient (Wildman–Crippen LogP) is 5.01. The van der Waals surface area contributed by atoms with Gasteiger partial charge < -0.3 is 9.47 Å². The quantitative estimate of drug-likeness (QED) is 0.607. The molecule has 2 aliphatic carbocycles. The average molecular weight is 407 g/mol. The van der Waals surface area contributed by atoms with Crippen molar-refractivity contribution in [3.05, 3.63) is 69.8 Å². The summed E-state index contributed by atoms with van der Waals surface area (Å²) in [4.78, 5) is 24.0. The zero-order valence-corrected chi connectivity index (χ0v) is 17.6. The SMILES string of the molecule is O=C(CCC(=O)OCc1ccc2c(c1)CCCC2)OCc1ccc2c(c1)CCCC2. The van der Waals surface area contributed by atoms with Gasteiger partial charge in [-0.2, -0.15) is 0 Å². The maximum Gasteiger partial charge on any atom is 0.306 e. The van der Waals surface area contributed by atoms with Crippen LogP contribution in [0.1, 0.15) is 71.9 Å². The standard InChI is InChI=1S/C26H30O4/c27-25(29-17-19-9-11-21-5-1-3-7-23(21)15-19)13-14-26(28)30-18-20-10-12-22-6-2-4-8-24(22)16-20/h9-12,15-16H,1-8,13-14,17-18H2. The van der Waals surface area contributed by atoms with Gasteiger partial charge in [0.2, 0.25) is 0 Å². The van der Waals surface area contributed by atoms with Gasteiger partial charge in [-0.25, -0.2) is 0 Å². The first-order chi connectivity index (χ1) is 14.7. The van der Waals surface area contributed by atoms with Gasteiger partial charge in [-0.15, -0.1) is 0 Å². The fourth-order valence-electron chi connectivity index (χ4n) is 4.43. The van der Waals surface area contributed by atoms with E-state index in [1.165, 1.54) is 47.9 Å². The predicted molar refractivity (Wildman–Crippen MR) is 115 cm³/mol. The Kier molecular flexibility index (Phi) is 6.83. The van der Waals surface area contributed by atoms with E-state index in [2.05, 4.69) is 24.3 Å². The minimum Gasteiger partial charge on any atom is -0.461 e. The monoisotopic (exact) mass is 406 g/mol. The van der Waals surface area contributed by atoms with Crippen molar-refractivity contribution < 1.29 is 19.1 Å². The Morgan fingerprint density at radius 2 is 1.00 bits per heavy atom. The van der Waals surface area contributed by atoms with E-state index in [9.17, 15) is 9.59 Å². The number of hydrogen-bond donors (Lipinski definition) is 0. The van der Waals surface area contributed by atoms with E-state index in [0.717, 1.165) is 36.8 Å². The van der Waals surface area contributed by atoms with Crippen LogP contribution in [0.15, 0.2) is 36.4 Å². The highest BCUT2D eigenvalue weighted by Gasteiger charge is 2.13. The summed E-state index contributed by atoms with van der Waals surface area (Å²) in [6.07, 6.45) is 9.55. The maximum absolute atomic E-state index is 12.0. The number of aryl methyl sites for hydroxylation is 4. The van der Waals surface area contributed by atoms with Crippen LogP contribution in [0, 0.1) is 0 Å². The molecule has 0 amide bonds. The number of hydrogen-bond acceptors (Lipinski definition) is 4. The van der Waals surface area contributed by atoms with Gasteiger partial charge >= 0.3 is 11.9 Å². The molecule has 4 nitrogen and oxygen atoms in total. The van der Waals surface area contributed by atoms with Gasteiger partial charge in [-0.05, 0) is 84.7 Å². The third-order valence-electron chi connectivity index (χ3n) is 6.16. The number of rotatable bonds is 7. The molecule has 2 aromatic rings. The Hall–Kier alpha value is -2.62. The molecule has 0 saturated heterocycles. The van der Waals surface area contributed by atoms with E-state index in [-0.39, 0.29) is 38.0 Å². The highest BCUT2D eigenvalue weighted by Crippen LogP contribution is 2.23. The molecular weight excluding hydrogens is 376 g/mol. The molecule has 0 bridgehead atoms. The van der Waals surface area contributed by atoms with Gasteiger partial charge in [0.15, 0.2) is 0 Å². The molecular formula is C26H30O4. The van der Waals surface area contributed by atoms with Crippen LogP contribution in [-0.2, 0) is 58.0 Å². The highest BCUT2D eigenvalue weighted by atomic mass is 16.5. The fourth-order valence-corrected chi connectivity index (χ4v) is 4.43. The van der Waals surface area contributed by atoms with Gasteiger partial charge in [-0.3, -0.25) is 9.59 Å². The highest BCUT2D eigenvalue weighted by molar-refractivity contribution is 5.77. The molecule has 0 radical (unpaired) electrons. The van der Waals surface area contributed by atoms with E-state index in [1.807, 2.05) is 12.1 Å². The molecule has 2 aliphatic rings. The lowest BCUT2D eigenvalue weighted by atomic mass is 9.90. The summed E-state index contributed by atoms with van der Waals surface area (Å²) in [5.74, 6) is -0.725. The smallest absolute Gasteiger partial charge is 0.306 e. The molecule has 2 aromatic carbocycles. The van der Waals surface area contributed by atoms with Crippen LogP contribution in [0.5, 0.6) is 0 Å². The molecule has 0 heterocycles. The van der Waals surface area contributed by atoms with Gasteiger partial charge in [-0.1, -0.05) is 36.4 Å². The van der Waals surface area contributed by atoms with Crippen LogP contribution in [-0.4, -0.2) is 11.9 Å².